The molecule has 0 spiro atoms. The van der Waals surface area contributed by atoms with E-state index in [2.05, 4.69) is 12.2 Å². The van der Waals surface area contributed by atoms with Crippen molar-refractivity contribution in [2.45, 2.75) is 32.7 Å². The SMILES string of the molecule is Cc1ccc(C(N)C(=O)NCC2(C)CCOCC2)cc1. The number of amides is 1. The third-order valence-electron chi connectivity index (χ3n) is 4.11. The molecule has 1 aliphatic rings. The minimum atomic E-state index is -0.598. The Balaban J connectivity index is 1.89. The molecule has 1 aromatic carbocycles. The van der Waals surface area contributed by atoms with Crippen molar-refractivity contribution in [3.05, 3.63) is 35.4 Å². The number of rotatable bonds is 4. The molecule has 1 saturated heterocycles. The van der Waals surface area contributed by atoms with Gasteiger partial charge in [0.2, 0.25) is 5.91 Å². The van der Waals surface area contributed by atoms with Crippen LogP contribution in [0, 0.1) is 12.3 Å². The predicted octanol–water partition coefficient (Wildman–Crippen LogP) is 1.93. The topological polar surface area (TPSA) is 64.4 Å². The fraction of sp³-hybridized carbons (Fsp3) is 0.562. The Morgan fingerprint density at radius 2 is 1.95 bits per heavy atom. The summed E-state index contributed by atoms with van der Waals surface area (Å²) in [7, 11) is 0. The van der Waals surface area contributed by atoms with E-state index in [1.165, 1.54) is 0 Å². The molecule has 0 aromatic heterocycles. The summed E-state index contributed by atoms with van der Waals surface area (Å²) in [4.78, 5) is 12.1. The van der Waals surface area contributed by atoms with Crippen LogP contribution in [0.2, 0.25) is 0 Å². The van der Waals surface area contributed by atoms with E-state index in [1.807, 2.05) is 31.2 Å². The smallest absolute Gasteiger partial charge is 0.241 e. The van der Waals surface area contributed by atoms with E-state index in [0.29, 0.717) is 6.54 Å². The normalized spacial score (nSPS) is 19.4. The molecule has 4 nitrogen and oxygen atoms in total. The molecule has 1 amide bonds. The summed E-state index contributed by atoms with van der Waals surface area (Å²) in [6.07, 6.45) is 1.96. The molecular formula is C16H24N2O2. The van der Waals surface area contributed by atoms with E-state index < -0.39 is 6.04 Å². The van der Waals surface area contributed by atoms with Crippen molar-refractivity contribution < 1.29 is 9.53 Å². The van der Waals surface area contributed by atoms with E-state index in [-0.39, 0.29) is 11.3 Å². The van der Waals surface area contributed by atoms with Gasteiger partial charge >= 0.3 is 0 Å². The van der Waals surface area contributed by atoms with Crippen LogP contribution in [0.1, 0.15) is 36.9 Å². The summed E-state index contributed by atoms with van der Waals surface area (Å²) in [6, 6.07) is 7.18. The van der Waals surface area contributed by atoms with E-state index in [0.717, 1.165) is 37.2 Å². The summed E-state index contributed by atoms with van der Waals surface area (Å²) in [6.45, 7) is 6.41. The van der Waals surface area contributed by atoms with E-state index in [9.17, 15) is 4.79 Å². The lowest BCUT2D eigenvalue weighted by atomic mass is 9.82. The number of benzene rings is 1. The van der Waals surface area contributed by atoms with Gasteiger partial charge in [-0.2, -0.15) is 0 Å². The molecule has 1 heterocycles. The van der Waals surface area contributed by atoms with Crippen LogP contribution in [0.15, 0.2) is 24.3 Å². The molecule has 0 saturated carbocycles. The summed E-state index contributed by atoms with van der Waals surface area (Å²) >= 11 is 0. The van der Waals surface area contributed by atoms with Crippen molar-refractivity contribution >= 4 is 5.91 Å². The molecule has 1 atom stereocenters. The van der Waals surface area contributed by atoms with Crippen LogP contribution in [-0.4, -0.2) is 25.7 Å². The molecule has 0 radical (unpaired) electrons. The zero-order chi connectivity index (χ0) is 14.6. The minimum Gasteiger partial charge on any atom is -0.381 e. The molecule has 20 heavy (non-hydrogen) atoms. The molecular weight excluding hydrogens is 252 g/mol. The third kappa shape index (κ3) is 3.81. The molecule has 4 heteroatoms. The lowest BCUT2D eigenvalue weighted by Gasteiger charge is -2.33. The summed E-state index contributed by atoms with van der Waals surface area (Å²) in [5.41, 5.74) is 8.15. The Labute approximate surface area is 120 Å². The van der Waals surface area contributed by atoms with Crippen LogP contribution in [-0.2, 0) is 9.53 Å². The number of aryl methyl sites for hydroxylation is 1. The van der Waals surface area contributed by atoms with Gasteiger partial charge in [0.05, 0.1) is 0 Å². The van der Waals surface area contributed by atoms with Crippen LogP contribution in [0.25, 0.3) is 0 Å². The first-order valence-corrected chi connectivity index (χ1v) is 7.18. The van der Waals surface area contributed by atoms with Crippen molar-refractivity contribution in [2.75, 3.05) is 19.8 Å². The second-order valence-corrected chi connectivity index (χ2v) is 6.03. The highest BCUT2D eigenvalue weighted by molar-refractivity contribution is 5.82. The van der Waals surface area contributed by atoms with Crippen LogP contribution in [0.3, 0.4) is 0 Å². The van der Waals surface area contributed by atoms with Crippen molar-refractivity contribution in [3.63, 3.8) is 0 Å². The van der Waals surface area contributed by atoms with Gasteiger partial charge in [0.1, 0.15) is 6.04 Å². The summed E-state index contributed by atoms with van der Waals surface area (Å²) in [5.74, 6) is -0.110. The standard InChI is InChI=1S/C16H24N2O2/c1-12-3-5-13(6-4-12)14(17)15(19)18-11-16(2)7-9-20-10-8-16/h3-6,14H,7-11,17H2,1-2H3,(H,18,19). The van der Waals surface area contributed by atoms with Gasteiger partial charge in [-0.15, -0.1) is 0 Å². The quantitative estimate of drug-likeness (QED) is 0.883. The van der Waals surface area contributed by atoms with Crippen molar-refractivity contribution in [1.82, 2.24) is 5.32 Å². The Morgan fingerprint density at radius 1 is 1.35 bits per heavy atom. The van der Waals surface area contributed by atoms with Gasteiger partial charge in [0, 0.05) is 19.8 Å². The zero-order valence-corrected chi connectivity index (χ0v) is 12.3. The lowest BCUT2D eigenvalue weighted by molar-refractivity contribution is -0.123. The van der Waals surface area contributed by atoms with Gasteiger partial charge in [0.15, 0.2) is 0 Å². The van der Waals surface area contributed by atoms with Crippen molar-refractivity contribution in [2.24, 2.45) is 11.1 Å². The maximum atomic E-state index is 12.1. The maximum absolute atomic E-state index is 12.1. The Hall–Kier alpha value is -1.39. The second kappa shape index (κ2) is 6.37. The van der Waals surface area contributed by atoms with Crippen LogP contribution >= 0.6 is 0 Å². The molecule has 1 fully saturated rings. The van der Waals surface area contributed by atoms with Crippen molar-refractivity contribution in [1.29, 1.82) is 0 Å². The highest BCUT2D eigenvalue weighted by Crippen LogP contribution is 2.28. The Bertz CT molecular complexity index is 450. The second-order valence-electron chi connectivity index (χ2n) is 6.03. The Kier molecular flexibility index (Phi) is 4.78. The molecule has 3 N–H and O–H groups in total. The van der Waals surface area contributed by atoms with Crippen molar-refractivity contribution in [3.8, 4) is 0 Å². The van der Waals surface area contributed by atoms with Crippen LogP contribution < -0.4 is 11.1 Å². The van der Waals surface area contributed by atoms with Gasteiger partial charge in [-0.3, -0.25) is 4.79 Å². The molecule has 1 unspecified atom stereocenters. The summed E-state index contributed by atoms with van der Waals surface area (Å²) in [5, 5.41) is 2.99. The number of nitrogens with one attached hydrogen (secondary N) is 1. The highest BCUT2D eigenvalue weighted by atomic mass is 16.5. The molecule has 0 aliphatic carbocycles. The number of nitrogens with two attached hydrogens (primary N) is 1. The van der Waals surface area contributed by atoms with Gasteiger partial charge in [-0.25, -0.2) is 0 Å². The van der Waals surface area contributed by atoms with Gasteiger partial charge in [-0.05, 0) is 30.7 Å². The van der Waals surface area contributed by atoms with Gasteiger partial charge in [0.25, 0.3) is 0 Å². The third-order valence-corrected chi connectivity index (χ3v) is 4.11. The molecule has 110 valence electrons. The average Bonchev–Trinajstić information content (AvgIpc) is 2.46. The molecule has 2 rings (SSSR count). The number of carbonyl (C=O) groups is 1. The fourth-order valence-corrected chi connectivity index (χ4v) is 2.38. The van der Waals surface area contributed by atoms with E-state index >= 15 is 0 Å². The lowest BCUT2D eigenvalue weighted by Crippen LogP contribution is -2.42. The molecule has 0 bridgehead atoms. The first-order valence-electron chi connectivity index (χ1n) is 7.18. The van der Waals surface area contributed by atoms with Crippen LogP contribution in [0.4, 0.5) is 0 Å². The Morgan fingerprint density at radius 3 is 2.55 bits per heavy atom. The number of ether oxygens (including phenoxy) is 1. The monoisotopic (exact) mass is 276 g/mol. The fourth-order valence-electron chi connectivity index (χ4n) is 2.38. The van der Waals surface area contributed by atoms with E-state index in [1.54, 1.807) is 0 Å². The largest absolute Gasteiger partial charge is 0.381 e. The molecule has 1 aliphatic heterocycles. The van der Waals surface area contributed by atoms with Crippen LogP contribution in [0.5, 0.6) is 0 Å². The number of carbonyl (C=O) groups excluding carboxylic acids is 1. The predicted molar refractivity (Wildman–Crippen MR) is 79.3 cm³/mol. The zero-order valence-electron chi connectivity index (χ0n) is 12.3. The number of hydrogen-bond acceptors (Lipinski definition) is 3. The first-order chi connectivity index (χ1) is 9.50. The van der Waals surface area contributed by atoms with Gasteiger partial charge < -0.3 is 15.8 Å². The summed E-state index contributed by atoms with van der Waals surface area (Å²) < 4.78 is 5.36. The number of hydrogen-bond donors (Lipinski definition) is 2. The molecule has 1 aromatic rings. The maximum Gasteiger partial charge on any atom is 0.241 e. The van der Waals surface area contributed by atoms with Gasteiger partial charge in [-0.1, -0.05) is 36.8 Å². The van der Waals surface area contributed by atoms with E-state index in [4.69, 9.17) is 10.5 Å². The first kappa shape index (κ1) is 15.0. The average molecular weight is 276 g/mol. The minimum absolute atomic E-state index is 0.110. The highest BCUT2D eigenvalue weighted by Gasteiger charge is 2.28.